The lowest BCUT2D eigenvalue weighted by atomic mass is 9.86. The van der Waals surface area contributed by atoms with Crippen molar-refractivity contribution in [3.63, 3.8) is 0 Å². The van der Waals surface area contributed by atoms with Crippen LogP contribution in [0.3, 0.4) is 0 Å². The summed E-state index contributed by atoms with van der Waals surface area (Å²) in [5, 5.41) is 0. The molecule has 2 fully saturated rings. The quantitative estimate of drug-likeness (QED) is 0.244. The summed E-state index contributed by atoms with van der Waals surface area (Å²) >= 11 is 0. The molecule has 0 saturated carbocycles. The van der Waals surface area contributed by atoms with Crippen LogP contribution in [-0.4, -0.2) is 50.2 Å². The van der Waals surface area contributed by atoms with Crippen LogP contribution in [0.2, 0.25) is 0 Å². The summed E-state index contributed by atoms with van der Waals surface area (Å²) in [5.41, 5.74) is 1.15. The van der Waals surface area contributed by atoms with Gasteiger partial charge in [0.25, 0.3) is 0 Å². The highest BCUT2D eigenvalue weighted by molar-refractivity contribution is 5.69. The van der Waals surface area contributed by atoms with Gasteiger partial charge < -0.3 is 18.9 Å². The van der Waals surface area contributed by atoms with Gasteiger partial charge in [-0.15, -0.1) is 0 Å². The summed E-state index contributed by atoms with van der Waals surface area (Å²) < 4.78 is 22.8. The first-order valence-electron chi connectivity index (χ1n) is 11.9. The second kappa shape index (κ2) is 11.6. The molecule has 0 aromatic carbocycles. The lowest BCUT2D eigenvalue weighted by Crippen LogP contribution is -2.35. The first kappa shape index (κ1) is 26.1. The van der Waals surface area contributed by atoms with Gasteiger partial charge >= 0.3 is 5.97 Å². The van der Waals surface area contributed by atoms with E-state index in [0.717, 1.165) is 25.7 Å². The number of methoxy groups -OCH3 is 2. The third-order valence-electron chi connectivity index (χ3n) is 7.11. The van der Waals surface area contributed by atoms with Gasteiger partial charge in [-0.05, 0) is 56.9 Å². The Labute approximate surface area is 189 Å². The number of carbonyl (C=O) groups is 1. The van der Waals surface area contributed by atoms with Crippen molar-refractivity contribution in [1.29, 1.82) is 0 Å². The van der Waals surface area contributed by atoms with Gasteiger partial charge in [-0.3, -0.25) is 4.79 Å². The SMILES string of the molecule is CC[C@H](OC)[C@@H](C)[C@H]1O[C@]1(C)C[C@H](C)/C=C/C=C(\C)[C@H]1O[C@@H](CC(=O)OC)CC[C@@H]1C. The molecule has 2 rings (SSSR count). The third-order valence-corrected chi connectivity index (χ3v) is 7.11. The highest BCUT2D eigenvalue weighted by atomic mass is 16.6. The molecule has 8 atom stereocenters. The lowest BCUT2D eigenvalue weighted by Gasteiger charge is -2.35. The number of carbonyl (C=O) groups excluding carboxylic acids is 1. The fraction of sp³-hybridized carbons (Fsp3) is 0.808. The van der Waals surface area contributed by atoms with Crippen molar-refractivity contribution < 1.29 is 23.7 Å². The van der Waals surface area contributed by atoms with E-state index >= 15 is 0 Å². The van der Waals surface area contributed by atoms with Crippen LogP contribution in [-0.2, 0) is 23.7 Å². The Kier molecular flexibility index (Phi) is 9.78. The van der Waals surface area contributed by atoms with Crippen LogP contribution < -0.4 is 0 Å². The molecule has 2 aliphatic rings. The van der Waals surface area contributed by atoms with Gasteiger partial charge in [0.05, 0.1) is 43.5 Å². The standard InChI is InChI=1S/C26H44O5/c1-9-22(28-7)20(5)25-26(6,31-25)16-17(2)11-10-12-18(3)24-19(4)13-14-21(30-24)15-23(27)29-8/h10-12,17,19-22,24-25H,9,13-16H2,1-8H3/b11-10+,18-12+/t17-,19+,20-,21-,22+,24-,25-,26-/m1/s1. The molecule has 0 aromatic heterocycles. The topological polar surface area (TPSA) is 57.3 Å². The molecule has 0 aromatic rings. The minimum absolute atomic E-state index is 0.0511. The van der Waals surface area contributed by atoms with E-state index in [0.29, 0.717) is 24.2 Å². The minimum Gasteiger partial charge on any atom is -0.469 e. The number of epoxide rings is 1. The van der Waals surface area contributed by atoms with E-state index in [1.807, 2.05) is 0 Å². The van der Waals surface area contributed by atoms with Crippen molar-refractivity contribution >= 4 is 5.97 Å². The van der Waals surface area contributed by atoms with Crippen LogP contribution in [0.25, 0.3) is 0 Å². The Morgan fingerprint density at radius 1 is 1.26 bits per heavy atom. The largest absolute Gasteiger partial charge is 0.469 e. The van der Waals surface area contributed by atoms with Crippen LogP contribution >= 0.6 is 0 Å². The smallest absolute Gasteiger partial charge is 0.308 e. The molecule has 0 spiro atoms. The highest BCUT2D eigenvalue weighted by Gasteiger charge is 2.56. The molecule has 5 nitrogen and oxygen atoms in total. The molecule has 2 saturated heterocycles. The molecule has 2 aliphatic heterocycles. The van der Waals surface area contributed by atoms with E-state index < -0.39 is 0 Å². The number of hydrogen-bond donors (Lipinski definition) is 0. The van der Waals surface area contributed by atoms with Crippen molar-refractivity contribution in [3.05, 3.63) is 23.8 Å². The van der Waals surface area contributed by atoms with Gasteiger partial charge in [-0.2, -0.15) is 0 Å². The lowest BCUT2D eigenvalue weighted by molar-refractivity contribution is -0.147. The van der Waals surface area contributed by atoms with E-state index in [2.05, 4.69) is 59.8 Å². The molecule has 0 amide bonds. The maximum atomic E-state index is 11.6. The Balaban J connectivity index is 1.87. The summed E-state index contributed by atoms with van der Waals surface area (Å²) in [7, 11) is 3.22. The van der Waals surface area contributed by atoms with Gasteiger partial charge in [0.1, 0.15) is 0 Å². The summed E-state index contributed by atoms with van der Waals surface area (Å²) in [6.07, 6.45) is 11.4. The van der Waals surface area contributed by atoms with Crippen LogP contribution in [0, 0.1) is 17.8 Å². The van der Waals surface area contributed by atoms with Crippen molar-refractivity contribution in [2.45, 2.75) is 104 Å². The molecule has 31 heavy (non-hydrogen) atoms. The van der Waals surface area contributed by atoms with Gasteiger partial charge in [0, 0.05) is 13.0 Å². The zero-order valence-corrected chi connectivity index (χ0v) is 20.9. The Hall–Kier alpha value is -1.17. The van der Waals surface area contributed by atoms with E-state index in [1.54, 1.807) is 7.11 Å². The monoisotopic (exact) mass is 436 g/mol. The molecule has 0 bridgehead atoms. The maximum Gasteiger partial charge on any atom is 0.308 e. The predicted octanol–water partition coefficient (Wildman–Crippen LogP) is 5.48. The summed E-state index contributed by atoms with van der Waals surface area (Å²) in [5.74, 6) is 1.07. The van der Waals surface area contributed by atoms with Crippen LogP contribution in [0.1, 0.15) is 73.6 Å². The predicted molar refractivity (Wildman–Crippen MR) is 124 cm³/mol. The van der Waals surface area contributed by atoms with E-state index in [1.165, 1.54) is 12.7 Å². The van der Waals surface area contributed by atoms with Crippen molar-refractivity contribution in [3.8, 4) is 0 Å². The van der Waals surface area contributed by atoms with Crippen LogP contribution in [0.4, 0.5) is 0 Å². The van der Waals surface area contributed by atoms with E-state index in [9.17, 15) is 4.79 Å². The number of ether oxygens (including phenoxy) is 4. The Morgan fingerprint density at radius 3 is 2.58 bits per heavy atom. The second-order valence-electron chi connectivity index (χ2n) is 9.88. The molecule has 0 unspecified atom stereocenters. The molecule has 0 radical (unpaired) electrons. The molecule has 0 N–H and O–H groups in total. The Bertz CT molecular complexity index is 638. The van der Waals surface area contributed by atoms with Crippen molar-refractivity contribution in [2.75, 3.05) is 14.2 Å². The molecular weight excluding hydrogens is 392 g/mol. The van der Waals surface area contributed by atoms with Gasteiger partial charge in [0.2, 0.25) is 0 Å². The van der Waals surface area contributed by atoms with E-state index in [-0.39, 0.29) is 36.0 Å². The number of rotatable bonds is 11. The van der Waals surface area contributed by atoms with Crippen LogP contribution in [0.5, 0.6) is 0 Å². The van der Waals surface area contributed by atoms with Crippen molar-refractivity contribution in [2.24, 2.45) is 17.8 Å². The molecular formula is C26H44O5. The molecule has 0 aliphatic carbocycles. The minimum atomic E-state index is -0.201. The molecule has 2 heterocycles. The number of hydrogen-bond acceptors (Lipinski definition) is 5. The first-order valence-corrected chi connectivity index (χ1v) is 11.9. The molecule has 178 valence electrons. The Morgan fingerprint density at radius 2 is 1.97 bits per heavy atom. The second-order valence-corrected chi connectivity index (χ2v) is 9.88. The summed E-state index contributed by atoms with van der Waals surface area (Å²) in [6, 6.07) is 0. The maximum absolute atomic E-state index is 11.6. The van der Waals surface area contributed by atoms with Crippen molar-refractivity contribution in [1.82, 2.24) is 0 Å². The zero-order valence-electron chi connectivity index (χ0n) is 20.9. The first-order chi connectivity index (χ1) is 14.6. The van der Waals surface area contributed by atoms with Gasteiger partial charge in [-0.25, -0.2) is 0 Å². The number of allylic oxidation sites excluding steroid dienone is 3. The van der Waals surface area contributed by atoms with E-state index in [4.69, 9.17) is 18.9 Å². The fourth-order valence-electron chi connectivity index (χ4n) is 5.22. The van der Waals surface area contributed by atoms with Gasteiger partial charge in [0.15, 0.2) is 0 Å². The van der Waals surface area contributed by atoms with Gasteiger partial charge in [-0.1, -0.05) is 45.9 Å². The van der Waals surface area contributed by atoms with Crippen LogP contribution in [0.15, 0.2) is 23.8 Å². The summed E-state index contributed by atoms with van der Waals surface area (Å²) in [4.78, 5) is 11.6. The molecule has 5 heteroatoms. The zero-order chi connectivity index (χ0) is 23.2. The highest BCUT2D eigenvalue weighted by Crippen LogP contribution is 2.47. The number of esters is 1. The fourth-order valence-corrected chi connectivity index (χ4v) is 5.22. The average molecular weight is 437 g/mol. The third kappa shape index (κ3) is 7.16. The normalized spacial score (nSPS) is 34.4. The average Bonchev–Trinajstić information content (AvgIpc) is 3.40. The summed E-state index contributed by atoms with van der Waals surface area (Å²) in [6.45, 7) is 13.2.